The molecule has 1 aromatic carbocycles. The number of nitro groups is 2. The Kier molecular flexibility index (Phi) is 3.70. The number of nitrogens with zero attached hydrogens (tertiary/aromatic N) is 2. The summed E-state index contributed by atoms with van der Waals surface area (Å²) in [6.45, 7) is 1.64. The summed E-state index contributed by atoms with van der Waals surface area (Å²) in [4.78, 5) is 30.8. The Balaban J connectivity index is 3.26. The molecule has 17 heavy (non-hydrogen) atoms. The van der Waals surface area contributed by atoms with Crippen LogP contribution in [-0.4, -0.2) is 22.4 Å². The molecule has 8 heteroatoms. The molecule has 0 amide bonds. The van der Waals surface area contributed by atoms with Crippen molar-refractivity contribution in [2.24, 2.45) is 0 Å². The molecule has 0 atom stereocenters. The second-order valence-electron chi connectivity index (χ2n) is 2.97. The van der Waals surface area contributed by atoms with Gasteiger partial charge in [-0.25, -0.2) is 4.79 Å². The lowest BCUT2D eigenvalue weighted by Gasteiger charge is -2.01. The van der Waals surface area contributed by atoms with Gasteiger partial charge in [0.1, 0.15) is 0 Å². The van der Waals surface area contributed by atoms with Crippen LogP contribution in [0.2, 0.25) is 0 Å². The summed E-state index contributed by atoms with van der Waals surface area (Å²) < 4.78 is 4.61. The standard InChI is InChI=1S/C9H8N2O6/c1-2-17-9(12)6-3-7(10(13)14)5-8(4-6)11(15)16/h3-5H,2H2,1H3. The number of benzene rings is 1. The van der Waals surface area contributed by atoms with Gasteiger partial charge in [-0.2, -0.15) is 0 Å². The number of carbonyl (C=O) groups excluding carboxylic acids is 1. The van der Waals surface area contributed by atoms with Gasteiger partial charge in [0, 0.05) is 12.1 Å². The third-order valence-electron chi connectivity index (χ3n) is 1.84. The first kappa shape index (κ1) is 12.6. The minimum absolute atomic E-state index is 0.0787. The molecular weight excluding hydrogens is 232 g/mol. The van der Waals surface area contributed by atoms with Crippen LogP contribution in [0.5, 0.6) is 0 Å². The van der Waals surface area contributed by atoms with E-state index in [0.29, 0.717) is 0 Å². The van der Waals surface area contributed by atoms with Gasteiger partial charge in [-0.3, -0.25) is 20.2 Å². The van der Waals surface area contributed by atoms with Gasteiger partial charge in [0.25, 0.3) is 11.4 Å². The summed E-state index contributed by atoms with van der Waals surface area (Å²) in [5.74, 6) is -0.834. The molecule has 0 unspecified atom stereocenters. The molecule has 0 fully saturated rings. The largest absolute Gasteiger partial charge is 0.462 e. The van der Waals surface area contributed by atoms with Gasteiger partial charge >= 0.3 is 5.97 Å². The van der Waals surface area contributed by atoms with Crippen LogP contribution in [0.15, 0.2) is 18.2 Å². The van der Waals surface area contributed by atoms with E-state index in [1.807, 2.05) is 0 Å². The number of non-ortho nitro benzene ring substituents is 2. The number of ether oxygens (including phenoxy) is 1. The van der Waals surface area contributed by atoms with E-state index in [9.17, 15) is 25.0 Å². The molecule has 0 aromatic heterocycles. The van der Waals surface area contributed by atoms with Crippen molar-refractivity contribution in [2.75, 3.05) is 6.61 Å². The number of esters is 1. The molecule has 0 saturated carbocycles. The predicted octanol–water partition coefficient (Wildman–Crippen LogP) is 1.68. The van der Waals surface area contributed by atoms with Gasteiger partial charge in [-0.05, 0) is 6.92 Å². The molecule has 0 aliphatic heterocycles. The maximum atomic E-state index is 11.3. The molecule has 0 aliphatic rings. The fourth-order valence-corrected chi connectivity index (χ4v) is 1.14. The second kappa shape index (κ2) is 5.01. The summed E-state index contributed by atoms with van der Waals surface area (Å²) in [7, 11) is 0. The fraction of sp³-hybridized carbons (Fsp3) is 0.222. The normalized spacial score (nSPS) is 9.71. The van der Waals surface area contributed by atoms with Crippen molar-refractivity contribution in [3.63, 3.8) is 0 Å². The van der Waals surface area contributed by atoms with Gasteiger partial charge in [0.05, 0.1) is 28.1 Å². The Morgan fingerprint density at radius 1 is 1.18 bits per heavy atom. The number of hydrogen-bond donors (Lipinski definition) is 0. The molecule has 0 N–H and O–H groups in total. The number of hydrogen-bond acceptors (Lipinski definition) is 6. The van der Waals surface area contributed by atoms with Crippen LogP contribution in [0.25, 0.3) is 0 Å². The Morgan fingerprint density at radius 3 is 2.00 bits per heavy atom. The first-order valence-electron chi connectivity index (χ1n) is 4.56. The number of nitro benzene ring substituents is 2. The fourth-order valence-electron chi connectivity index (χ4n) is 1.14. The SMILES string of the molecule is CCOC(=O)c1cc([N+](=O)[O-])cc([N+](=O)[O-])c1. The zero-order chi connectivity index (χ0) is 13.0. The quantitative estimate of drug-likeness (QED) is 0.449. The molecule has 0 saturated heterocycles. The Hall–Kier alpha value is -2.51. The van der Waals surface area contributed by atoms with Crippen molar-refractivity contribution in [1.29, 1.82) is 0 Å². The summed E-state index contributed by atoms with van der Waals surface area (Å²) in [5, 5.41) is 21.1. The molecular formula is C9H8N2O6. The molecule has 0 radical (unpaired) electrons. The predicted molar refractivity (Wildman–Crippen MR) is 55.7 cm³/mol. The average Bonchev–Trinajstić information content (AvgIpc) is 2.28. The lowest BCUT2D eigenvalue weighted by Crippen LogP contribution is -2.06. The zero-order valence-electron chi connectivity index (χ0n) is 8.78. The maximum Gasteiger partial charge on any atom is 0.338 e. The molecule has 0 aliphatic carbocycles. The van der Waals surface area contributed by atoms with E-state index in [0.717, 1.165) is 18.2 Å². The van der Waals surface area contributed by atoms with Gasteiger partial charge in [-0.1, -0.05) is 0 Å². The summed E-state index contributed by atoms with van der Waals surface area (Å²) in [5.41, 5.74) is -1.27. The van der Waals surface area contributed by atoms with Crippen molar-refractivity contribution in [2.45, 2.75) is 6.92 Å². The van der Waals surface area contributed by atoms with E-state index in [1.54, 1.807) is 6.92 Å². The van der Waals surface area contributed by atoms with E-state index in [1.165, 1.54) is 0 Å². The molecule has 90 valence electrons. The minimum atomic E-state index is -0.834. The Labute approximate surface area is 95.1 Å². The molecule has 0 heterocycles. The van der Waals surface area contributed by atoms with Crippen LogP contribution in [0.4, 0.5) is 11.4 Å². The highest BCUT2D eigenvalue weighted by Gasteiger charge is 2.20. The lowest BCUT2D eigenvalue weighted by atomic mass is 10.2. The molecule has 8 nitrogen and oxygen atoms in total. The van der Waals surface area contributed by atoms with Crippen LogP contribution in [0, 0.1) is 20.2 Å². The van der Waals surface area contributed by atoms with Crippen LogP contribution in [0.1, 0.15) is 17.3 Å². The zero-order valence-corrected chi connectivity index (χ0v) is 8.78. The van der Waals surface area contributed by atoms with E-state index in [2.05, 4.69) is 4.74 Å². The van der Waals surface area contributed by atoms with Crippen molar-refractivity contribution >= 4 is 17.3 Å². The van der Waals surface area contributed by atoms with Gasteiger partial charge < -0.3 is 4.74 Å². The molecule has 1 rings (SSSR count). The maximum absolute atomic E-state index is 11.3. The van der Waals surface area contributed by atoms with Crippen LogP contribution < -0.4 is 0 Å². The average molecular weight is 240 g/mol. The summed E-state index contributed by atoms with van der Waals surface area (Å²) in [6.07, 6.45) is 0. The second-order valence-corrected chi connectivity index (χ2v) is 2.97. The Bertz CT molecular complexity index is 452. The Morgan fingerprint density at radius 2 is 1.65 bits per heavy atom. The molecule has 0 bridgehead atoms. The molecule has 0 spiro atoms. The lowest BCUT2D eigenvalue weighted by molar-refractivity contribution is -0.394. The van der Waals surface area contributed by atoms with Crippen molar-refractivity contribution in [1.82, 2.24) is 0 Å². The van der Waals surface area contributed by atoms with E-state index < -0.39 is 27.2 Å². The third-order valence-corrected chi connectivity index (χ3v) is 1.84. The van der Waals surface area contributed by atoms with Gasteiger partial charge in [-0.15, -0.1) is 0 Å². The van der Waals surface area contributed by atoms with Gasteiger partial charge in [0.15, 0.2) is 0 Å². The number of rotatable bonds is 4. The highest BCUT2D eigenvalue weighted by atomic mass is 16.6. The monoisotopic (exact) mass is 240 g/mol. The summed E-state index contributed by atoms with van der Waals surface area (Å²) >= 11 is 0. The highest BCUT2D eigenvalue weighted by molar-refractivity contribution is 5.91. The summed E-state index contributed by atoms with van der Waals surface area (Å²) in [6, 6.07) is 2.65. The van der Waals surface area contributed by atoms with Crippen LogP contribution in [-0.2, 0) is 4.74 Å². The van der Waals surface area contributed by atoms with Crippen LogP contribution >= 0.6 is 0 Å². The first-order chi connectivity index (χ1) is 7.95. The van der Waals surface area contributed by atoms with E-state index in [4.69, 9.17) is 0 Å². The van der Waals surface area contributed by atoms with Crippen LogP contribution in [0.3, 0.4) is 0 Å². The van der Waals surface area contributed by atoms with Crippen molar-refractivity contribution in [3.05, 3.63) is 44.0 Å². The van der Waals surface area contributed by atoms with Crippen molar-refractivity contribution < 1.29 is 19.4 Å². The van der Waals surface area contributed by atoms with E-state index >= 15 is 0 Å². The van der Waals surface area contributed by atoms with Gasteiger partial charge in [0.2, 0.25) is 0 Å². The smallest absolute Gasteiger partial charge is 0.338 e. The highest BCUT2D eigenvalue weighted by Crippen LogP contribution is 2.23. The first-order valence-corrected chi connectivity index (χ1v) is 4.56. The third kappa shape index (κ3) is 2.97. The minimum Gasteiger partial charge on any atom is -0.462 e. The van der Waals surface area contributed by atoms with E-state index in [-0.39, 0.29) is 12.2 Å². The molecule has 1 aromatic rings. The number of carbonyl (C=O) groups is 1. The topological polar surface area (TPSA) is 113 Å². The van der Waals surface area contributed by atoms with Crippen molar-refractivity contribution in [3.8, 4) is 0 Å².